The van der Waals surface area contributed by atoms with Crippen LogP contribution >= 0.6 is 0 Å². The van der Waals surface area contributed by atoms with Crippen LogP contribution < -0.4 is 4.74 Å². The van der Waals surface area contributed by atoms with Gasteiger partial charge in [-0.3, -0.25) is 9.97 Å². The Kier molecular flexibility index (Phi) is 7.74. The third kappa shape index (κ3) is 6.02. The molecular formula is C26H25FN2O. The van der Waals surface area contributed by atoms with Gasteiger partial charge >= 0.3 is 0 Å². The van der Waals surface area contributed by atoms with Crippen LogP contribution in [0.15, 0.2) is 73.7 Å². The predicted molar refractivity (Wildman–Crippen MR) is 120 cm³/mol. The van der Waals surface area contributed by atoms with Crippen LogP contribution in [0.1, 0.15) is 31.7 Å². The number of halogens is 1. The first-order chi connectivity index (χ1) is 14.7. The molecule has 3 aromatic rings. The first kappa shape index (κ1) is 21.3. The van der Waals surface area contributed by atoms with E-state index >= 15 is 0 Å². The third-order valence-electron chi connectivity index (χ3n) is 4.54. The molecule has 1 aromatic heterocycles. The Morgan fingerprint density at radius 3 is 2.63 bits per heavy atom. The zero-order chi connectivity index (χ0) is 21.2. The molecule has 2 aromatic carbocycles. The normalized spacial score (nSPS) is 11.3. The number of rotatable bonds is 8. The molecule has 0 fully saturated rings. The molecule has 0 aliphatic rings. The van der Waals surface area contributed by atoms with Crippen molar-refractivity contribution in [3.8, 4) is 40.0 Å². The molecule has 0 aliphatic heterocycles. The number of nitrogens with zero attached hydrogens (tertiary/aromatic N) is 2. The van der Waals surface area contributed by atoms with Crippen LogP contribution in [0.4, 0.5) is 4.39 Å². The molecule has 1 unspecified atom stereocenters. The van der Waals surface area contributed by atoms with Crippen molar-refractivity contribution >= 4 is 0 Å². The van der Waals surface area contributed by atoms with E-state index in [4.69, 9.17) is 4.74 Å². The molecule has 0 radical (unpaired) electrons. The number of aromatic nitrogens is 2. The van der Waals surface area contributed by atoms with Gasteiger partial charge in [-0.2, -0.15) is 0 Å². The lowest BCUT2D eigenvalue weighted by Gasteiger charge is -2.10. The second-order valence-electron chi connectivity index (χ2n) is 6.95. The molecule has 0 bridgehead atoms. The van der Waals surface area contributed by atoms with Gasteiger partial charge in [0.05, 0.1) is 18.1 Å². The average Bonchev–Trinajstić information content (AvgIpc) is 2.78. The van der Waals surface area contributed by atoms with Crippen LogP contribution in [0, 0.1) is 11.8 Å². The molecule has 4 heteroatoms. The van der Waals surface area contributed by atoms with Gasteiger partial charge in [-0.1, -0.05) is 42.7 Å². The van der Waals surface area contributed by atoms with Crippen molar-refractivity contribution < 1.29 is 9.13 Å². The van der Waals surface area contributed by atoms with Gasteiger partial charge in [0, 0.05) is 29.9 Å². The number of alkyl halides is 1. The molecule has 1 heterocycles. The van der Waals surface area contributed by atoms with Crippen molar-refractivity contribution in [1.82, 2.24) is 9.97 Å². The van der Waals surface area contributed by atoms with E-state index in [9.17, 15) is 4.39 Å². The Bertz CT molecular complexity index is 1020. The average molecular weight is 400 g/mol. The molecule has 0 saturated carbocycles. The molecule has 0 aliphatic carbocycles. The van der Waals surface area contributed by atoms with Crippen LogP contribution in [0.25, 0.3) is 22.4 Å². The summed E-state index contributed by atoms with van der Waals surface area (Å²) >= 11 is 0. The van der Waals surface area contributed by atoms with Gasteiger partial charge in [0.1, 0.15) is 12.4 Å². The maximum atomic E-state index is 13.0. The summed E-state index contributed by atoms with van der Waals surface area (Å²) < 4.78 is 18.6. The molecular weight excluding hydrogens is 375 g/mol. The molecule has 0 spiro atoms. The Morgan fingerprint density at radius 2 is 1.93 bits per heavy atom. The highest BCUT2D eigenvalue weighted by Crippen LogP contribution is 2.30. The molecule has 3 rings (SSSR count). The van der Waals surface area contributed by atoms with Crippen LogP contribution in [-0.2, 0) is 0 Å². The fourth-order valence-corrected chi connectivity index (χ4v) is 3.01. The molecule has 1 atom stereocenters. The maximum absolute atomic E-state index is 13.0. The Labute approximate surface area is 177 Å². The van der Waals surface area contributed by atoms with E-state index in [-0.39, 0.29) is 0 Å². The van der Waals surface area contributed by atoms with Crippen molar-refractivity contribution in [3.63, 3.8) is 0 Å². The standard InChI is InChI=1S/C26H25FN2O/c1-3-17-30-24-13-11-22(12-14-24)25-18-23(26-19-28-15-16-29-26)10-9-21(25)8-6-4-5-7-20(2)27/h3,9-16,18-20H,1,4-5,7,17H2,2H3. The van der Waals surface area contributed by atoms with Gasteiger partial charge in [-0.05, 0) is 55.2 Å². The molecule has 0 saturated heterocycles. The minimum atomic E-state index is -0.782. The van der Waals surface area contributed by atoms with Crippen LogP contribution in [0.2, 0.25) is 0 Å². The SMILES string of the molecule is C=CCOc1ccc(-c2cc(-c3cnccn3)ccc2C#CCCCC(C)F)cc1. The molecule has 3 nitrogen and oxygen atoms in total. The minimum absolute atomic E-state index is 0.468. The van der Waals surface area contributed by atoms with Crippen molar-refractivity contribution in [3.05, 3.63) is 79.3 Å². The molecule has 30 heavy (non-hydrogen) atoms. The summed E-state index contributed by atoms with van der Waals surface area (Å²) in [6.07, 6.45) is 7.99. The summed E-state index contributed by atoms with van der Waals surface area (Å²) in [6, 6.07) is 14.0. The van der Waals surface area contributed by atoms with Crippen LogP contribution in [0.3, 0.4) is 0 Å². The highest BCUT2D eigenvalue weighted by molar-refractivity contribution is 5.77. The Hall–Kier alpha value is -3.45. The van der Waals surface area contributed by atoms with Gasteiger partial charge in [0.2, 0.25) is 0 Å². The van der Waals surface area contributed by atoms with E-state index in [1.54, 1.807) is 31.6 Å². The van der Waals surface area contributed by atoms with E-state index in [0.29, 0.717) is 19.4 Å². The summed E-state index contributed by atoms with van der Waals surface area (Å²) in [7, 11) is 0. The van der Waals surface area contributed by atoms with E-state index < -0.39 is 6.17 Å². The third-order valence-corrected chi connectivity index (χ3v) is 4.54. The van der Waals surface area contributed by atoms with Crippen molar-refractivity contribution in [2.75, 3.05) is 6.61 Å². The number of hydrogen-bond donors (Lipinski definition) is 0. The summed E-state index contributed by atoms with van der Waals surface area (Å²) in [5.41, 5.74) is 4.76. The topological polar surface area (TPSA) is 35.0 Å². The van der Waals surface area contributed by atoms with Gasteiger partial charge in [-0.25, -0.2) is 4.39 Å². The van der Waals surface area contributed by atoms with Crippen molar-refractivity contribution in [2.45, 2.75) is 32.4 Å². The highest BCUT2D eigenvalue weighted by atomic mass is 19.1. The summed E-state index contributed by atoms with van der Waals surface area (Å²) in [5.74, 6) is 7.23. The van der Waals surface area contributed by atoms with Crippen molar-refractivity contribution in [2.24, 2.45) is 0 Å². The number of unbranched alkanes of at least 4 members (excludes halogenated alkanes) is 1. The fourth-order valence-electron chi connectivity index (χ4n) is 3.01. The lowest BCUT2D eigenvalue weighted by atomic mass is 9.96. The fraction of sp³-hybridized carbons (Fsp3) is 0.231. The van der Waals surface area contributed by atoms with Gasteiger partial charge in [-0.15, -0.1) is 0 Å². The smallest absolute Gasteiger partial charge is 0.119 e. The van der Waals surface area contributed by atoms with Crippen molar-refractivity contribution in [1.29, 1.82) is 0 Å². The lowest BCUT2D eigenvalue weighted by Crippen LogP contribution is -1.93. The maximum Gasteiger partial charge on any atom is 0.119 e. The summed E-state index contributed by atoms with van der Waals surface area (Å²) in [4.78, 5) is 8.57. The number of benzene rings is 2. The van der Waals surface area contributed by atoms with E-state index in [1.807, 2.05) is 36.4 Å². The van der Waals surface area contributed by atoms with Crippen LogP contribution in [-0.4, -0.2) is 22.7 Å². The molecule has 0 N–H and O–H groups in total. The predicted octanol–water partition coefficient (Wildman–Crippen LogP) is 6.26. The zero-order valence-corrected chi connectivity index (χ0v) is 17.1. The van der Waals surface area contributed by atoms with E-state index in [0.717, 1.165) is 40.1 Å². The van der Waals surface area contributed by atoms with Crippen LogP contribution in [0.5, 0.6) is 5.75 Å². The summed E-state index contributed by atoms with van der Waals surface area (Å²) in [5, 5.41) is 0. The largest absolute Gasteiger partial charge is 0.490 e. The molecule has 0 amide bonds. The van der Waals surface area contributed by atoms with E-state index in [2.05, 4.69) is 34.5 Å². The molecule has 152 valence electrons. The zero-order valence-electron chi connectivity index (χ0n) is 17.1. The number of hydrogen-bond acceptors (Lipinski definition) is 3. The Balaban J connectivity index is 1.92. The number of ether oxygens (including phenoxy) is 1. The highest BCUT2D eigenvalue weighted by Gasteiger charge is 2.08. The quantitative estimate of drug-likeness (QED) is 0.254. The Morgan fingerprint density at radius 1 is 1.13 bits per heavy atom. The lowest BCUT2D eigenvalue weighted by molar-refractivity contribution is 0.336. The second kappa shape index (κ2) is 10.9. The van der Waals surface area contributed by atoms with Gasteiger partial charge in [0.15, 0.2) is 0 Å². The monoisotopic (exact) mass is 400 g/mol. The van der Waals surface area contributed by atoms with Gasteiger partial charge < -0.3 is 4.74 Å². The van der Waals surface area contributed by atoms with Gasteiger partial charge in [0.25, 0.3) is 0 Å². The second-order valence-corrected chi connectivity index (χ2v) is 6.95. The van der Waals surface area contributed by atoms with E-state index in [1.165, 1.54) is 0 Å². The summed E-state index contributed by atoms with van der Waals surface area (Å²) in [6.45, 7) is 5.72. The first-order valence-electron chi connectivity index (χ1n) is 10.0. The first-order valence-corrected chi connectivity index (χ1v) is 10.0. The minimum Gasteiger partial charge on any atom is -0.490 e.